The monoisotopic (exact) mass is 498 g/mol. The van der Waals surface area contributed by atoms with Crippen molar-refractivity contribution in [3.8, 4) is 39.9 Å². The summed E-state index contributed by atoms with van der Waals surface area (Å²) in [6.07, 6.45) is 3.38. The number of rotatable bonds is 4. The Bertz CT molecular complexity index is 1660. The van der Waals surface area contributed by atoms with Crippen LogP contribution in [0.2, 0.25) is 0 Å². The third kappa shape index (κ3) is 3.69. The lowest BCUT2D eigenvalue weighted by Gasteiger charge is -2.29. The molecule has 0 spiro atoms. The Morgan fingerprint density at radius 3 is 2.59 bits per heavy atom. The molecule has 1 N–H and O–H groups in total. The molecule has 0 fully saturated rings. The second kappa shape index (κ2) is 8.74. The van der Waals surface area contributed by atoms with E-state index in [2.05, 4.69) is 0 Å². The van der Waals surface area contributed by atoms with Crippen LogP contribution in [0.1, 0.15) is 23.5 Å². The van der Waals surface area contributed by atoms with Gasteiger partial charge in [-0.1, -0.05) is 24.3 Å². The van der Waals surface area contributed by atoms with E-state index >= 15 is 0 Å². The zero-order valence-corrected chi connectivity index (χ0v) is 20.1. The largest absolute Gasteiger partial charge is 0.507 e. The highest BCUT2D eigenvalue weighted by Crippen LogP contribution is 2.47. The summed E-state index contributed by atoms with van der Waals surface area (Å²) >= 11 is 0. The molecule has 8 nitrogen and oxygen atoms in total. The molecule has 186 valence electrons. The maximum absolute atomic E-state index is 13.7. The number of methoxy groups -OCH3 is 2. The zero-order chi connectivity index (χ0) is 25.7. The molecule has 0 saturated carbocycles. The number of ether oxygens (including phenoxy) is 4. The SMILES string of the molecule is COc1ccc(-c2coc3c4c(cc(O)c3c2=O)OC(=O)CC4C2=Cc3ccccc3OC2)cc1OC. The normalized spacial score (nSPS) is 16.2. The quantitative estimate of drug-likeness (QED) is 0.308. The number of fused-ring (bicyclic) bond motifs is 4. The van der Waals surface area contributed by atoms with Gasteiger partial charge >= 0.3 is 5.97 Å². The molecule has 2 aliphatic heterocycles. The highest BCUT2D eigenvalue weighted by Gasteiger charge is 2.35. The van der Waals surface area contributed by atoms with Gasteiger partial charge in [0.15, 0.2) is 11.5 Å². The molecular formula is C29H22O8. The van der Waals surface area contributed by atoms with E-state index in [1.54, 1.807) is 18.2 Å². The lowest BCUT2D eigenvalue weighted by molar-refractivity contribution is -0.135. The number of carbonyl (C=O) groups excluding carboxylic acids is 1. The molecule has 3 heterocycles. The van der Waals surface area contributed by atoms with Crippen molar-refractivity contribution in [2.24, 2.45) is 0 Å². The van der Waals surface area contributed by atoms with Gasteiger partial charge in [-0.25, -0.2) is 0 Å². The van der Waals surface area contributed by atoms with Crippen LogP contribution in [0.4, 0.5) is 0 Å². The van der Waals surface area contributed by atoms with E-state index in [4.69, 9.17) is 23.4 Å². The highest BCUT2D eigenvalue weighted by molar-refractivity contribution is 5.94. The van der Waals surface area contributed by atoms with E-state index in [1.165, 1.54) is 26.5 Å². The van der Waals surface area contributed by atoms with Gasteiger partial charge in [-0.3, -0.25) is 9.59 Å². The van der Waals surface area contributed by atoms with Crippen molar-refractivity contribution in [1.82, 2.24) is 0 Å². The summed E-state index contributed by atoms with van der Waals surface area (Å²) in [5, 5.41) is 10.8. The fraction of sp³-hybridized carbons (Fsp3) is 0.172. The number of benzene rings is 3. The Balaban J connectivity index is 1.54. The van der Waals surface area contributed by atoms with E-state index < -0.39 is 17.3 Å². The fourth-order valence-corrected chi connectivity index (χ4v) is 4.99. The lowest BCUT2D eigenvalue weighted by Crippen LogP contribution is -2.25. The zero-order valence-electron chi connectivity index (χ0n) is 20.1. The van der Waals surface area contributed by atoms with Crippen molar-refractivity contribution in [3.63, 3.8) is 0 Å². The summed E-state index contributed by atoms with van der Waals surface area (Å²) in [5.74, 6) is 0.647. The average Bonchev–Trinajstić information content (AvgIpc) is 2.91. The van der Waals surface area contributed by atoms with Gasteiger partial charge in [0.25, 0.3) is 0 Å². The maximum Gasteiger partial charge on any atom is 0.312 e. The number of para-hydroxylation sites is 1. The van der Waals surface area contributed by atoms with E-state index in [0.717, 1.165) is 16.9 Å². The van der Waals surface area contributed by atoms with Crippen molar-refractivity contribution in [2.75, 3.05) is 20.8 Å². The lowest BCUT2D eigenvalue weighted by atomic mass is 9.83. The molecule has 1 unspecified atom stereocenters. The summed E-state index contributed by atoms with van der Waals surface area (Å²) in [6.45, 7) is 0.269. The molecule has 1 atom stereocenters. The van der Waals surface area contributed by atoms with Crippen LogP contribution in [0.25, 0.3) is 28.2 Å². The predicted molar refractivity (Wildman–Crippen MR) is 136 cm³/mol. The Morgan fingerprint density at radius 1 is 0.973 bits per heavy atom. The molecule has 0 radical (unpaired) electrons. The smallest absolute Gasteiger partial charge is 0.312 e. The van der Waals surface area contributed by atoms with Crippen molar-refractivity contribution in [3.05, 3.63) is 81.7 Å². The van der Waals surface area contributed by atoms with Crippen molar-refractivity contribution >= 4 is 23.0 Å². The molecule has 37 heavy (non-hydrogen) atoms. The molecule has 0 aliphatic carbocycles. The molecule has 6 rings (SSSR count). The van der Waals surface area contributed by atoms with E-state index in [-0.39, 0.29) is 41.1 Å². The van der Waals surface area contributed by atoms with Crippen molar-refractivity contribution in [2.45, 2.75) is 12.3 Å². The molecule has 0 bridgehead atoms. The van der Waals surface area contributed by atoms with E-state index in [9.17, 15) is 14.7 Å². The highest BCUT2D eigenvalue weighted by atomic mass is 16.5. The van der Waals surface area contributed by atoms with Gasteiger partial charge in [-0.15, -0.1) is 0 Å². The average molecular weight is 498 g/mol. The van der Waals surface area contributed by atoms with Crippen LogP contribution in [0, 0.1) is 0 Å². The molecule has 0 amide bonds. The first-order valence-electron chi connectivity index (χ1n) is 11.6. The number of phenols is 1. The Hall–Kier alpha value is -4.72. The van der Waals surface area contributed by atoms with Gasteiger partial charge in [0, 0.05) is 23.1 Å². The number of phenolic OH excluding ortho intramolecular Hbond substituents is 1. The number of hydrogen-bond acceptors (Lipinski definition) is 8. The van der Waals surface area contributed by atoms with E-state index in [1.807, 2.05) is 30.3 Å². The van der Waals surface area contributed by atoms with Crippen LogP contribution < -0.4 is 24.4 Å². The summed E-state index contributed by atoms with van der Waals surface area (Å²) in [7, 11) is 3.03. The molecule has 1 aromatic heterocycles. The van der Waals surface area contributed by atoms with Crippen molar-refractivity contribution < 1.29 is 33.3 Å². The first-order chi connectivity index (χ1) is 18.0. The second-order valence-corrected chi connectivity index (χ2v) is 8.84. The van der Waals surface area contributed by atoms with Crippen LogP contribution in [-0.2, 0) is 4.79 Å². The van der Waals surface area contributed by atoms with Crippen LogP contribution in [0.15, 0.2) is 69.6 Å². The molecule has 8 heteroatoms. The standard InChI is InChI=1S/C29H22O8/c1-33-22-8-7-15(10-23(22)34-2)19-14-36-29-26-18(17-9-16-5-3-4-6-21(16)35-13-17)11-25(31)37-24(26)12-20(30)27(29)28(19)32/h3-10,12,14,18,30H,11,13H2,1-2H3. The third-order valence-corrected chi connectivity index (χ3v) is 6.77. The number of aromatic hydroxyl groups is 1. The minimum absolute atomic E-state index is 0.00621. The van der Waals surface area contributed by atoms with Crippen LogP contribution in [0.3, 0.4) is 0 Å². The number of carbonyl (C=O) groups is 1. The molecule has 0 saturated heterocycles. The van der Waals surface area contributed by atoms with Gasteiger partial charge in [0.1, 0.15) is 41.1 Å². The van der Waals surface area contributed by atoms with Crippen molar-refractivity contribution in [1.29, 1.82) is 0 Å². The molecule has 4 aromatic rings. The fourth-order valence-electron chi connectivity index (χ4n) is 4.99. The Morgan fingerprint density at radius 2 is 1.78 bits per heavy atom. The van der Waals surface area contributed by atoms with E-state index in [0.29, 0.717) is 22.6 Å². The van der Waals surface area contributed by atoms with Gasteiger partial charge in [0.05, 0.1) is 26.2 Å². The molecule has 3 aromatic carbocycles. The molecular weight excluding hydrogens is 476 g/mol. The summed E-state index contributed by atoms with van der Waals surface area (Å²) in [5.41, 5.74) is 2.78. The maximum atomic E-state index is 13.7. The van der Waals surface area contributed by atoms with Gasteiger partial charge in [-0.05, 0) is 35.4 Å². The Kier molecular flexibility index (Phi) is 5.37. The van der Waals surface area contributed by atoms with Gasteiger partial charge < -0.3 is 28.5 Å². The third-order valence-electron chi connectivity index (χ3n) is 6.77. The summed E-state index contributed by atoms with van der Waals surface area (Å²) < 4.78 is 28.1. The number of hydrogen-bond donors (Lipinski definition) is 1. The van der Waals surface area contributed by atoms with Crippen LogP contribution in [0.5, 0.6) is 28.7 Å². The first-order valence-corrected chi connectivity index (χ1v) is 11.6. The first kappa shape index (κ1) is 22.7. The predicted octanol–water partition coefficient (Wildman–Crippen LogP) is 5.05. The minimum Gasteiger partial charge on any atom is -0.507 e. The molecule has 2 aliphatic rings. The summed E-state index contributed by atoms with van der Waals surface area (Å²) in [4.78, 5) is 26.2. The Labute approximate surface area is 211 Å². The second-order valence-electron chi connectivity index (χ2n) is 8.84. The van der Waals surface area contributed by atoms with Crippen LogP contribution in [-0.4, -0.2) is 31.9 Å². The van der Waals surface area contributed by atoms with Gasteiger partial charge in [0.2, 0.25) is 5.43 Å². The number of esters is 1. The minimum atomic E-state index is -0.456. The van der Waals surface area contributed by atoms with Crippen LogP contribution >= 0.6 is 0 Å². The topological polar surface area (TPSA) is 104 Å². The van der Waals surface area contributed by atoms with Gasteiger partial charge in [-0.2, -0.15) is 0 Å². The summed E-state index contributed by atoms with van der Waals surface area (Å²) in [6, 6.07) is 14.0.